The molecule has 0 radical (unpaired) electrons. The Hall–Kier alpha value is -4.37. The SMILES string of the molecule is CN(C)C1CCN(C(=O)c2ccc(N)cc2)CC1.CN(C)C1CCN(C(=O)c2ccc(NC(=O)OC(C)(C)C)cc2)CC1.O=C(O)C(F)(F)F.[2H]CC. The fourth-order valence-corrected chi connectivity index (χ4v) is 5.28. The second-order valence-electron chi connectivity index (χ2n) is 13.6. The highest BCUT2D eigenvalue weighted by atomic mass is 19.4. The minimum absolute atomic E-state index is 0.0426. The van der Waals surface area contributed by atoms with E-state index in [1.165, 1.54) is 0 Å². The molecule has 15 heteroatoms. The van der Waals surface area contributed by atoms with Gasteiger partial charge in [-0.15, -0.1) is 0 Å². The number of carboxylic acid groups (broad SMARTS) is 1. The number of piperidine rings is 2. The molecule has 4 rings (SSSR count). The highest BCUT2D eigenvalue weighted by Crippen LogP contribution is 2.20. The molecule has 0 aromatic heterocycles. The van der Waals surface area contributed by atoms with Crippen LogP contribution in [0.15, 0.2) is 48.5 Å². The van der Waals surface area contributed by atoms with E-state index in [2.05, 4.69) is 43.3 Å². The second kappa shape index (κ2) is 21.2. The summed E-state index contributed by atoms with van der Waals surface area (Å²) in [4.78, 5) is 53.8. The summed E-state index contributed by atoms with van der Waals surface area (Å²) in [5.74, 6) is -2.60. The number of alkyl halides is 3. The lowest BCUT2D eigenvalue weighted by molar-refractivity contribution is -0.192. The number of nitrogens with one attached hydrogen (secondary N) is 1. The third-order valence-electron chi connectivity index (χ3n) is 8.14. The number of rotatable bonds is 5. The summed E-state index contributed by atoms with van der Waals surface area (Å²) in [5.41, 5.74) is 7.75. The minimum Gasteiger partial charge on any atom is -0.475 e. The number of carbonyl (C=O) groups is 4. The van der Waals surface area contributed by atoms with Crippen molar-refractivity contribution in [1.29, 1.82) is 0 Å². The van der Waals surface area contributed by atoms with Crippen molar-refractivity contribution in [1.82, 2.24) is 19.6 Å². The number of halogens is 3. The smallest absolute Gasteiger partial charge is 0.475 e. The molecule has 2 saturated heterocycles. The molecule has 2 aliphatic heterocycles. The van der Waals surface area contributed by atoms with Gasteiger partial charge in [-0.3, -0.25) is 14.9 Å². The fourth-order valence-electron chi connectivity index (χ4n) is 5.28. The van der Waals surface area contributed by atoms with E-state index in [4.69, 9.17) is 21.7 Å². The van der Waals surface area contributed by atoms with Crippen molar-refractivity contribution in [3.05, 3.63) is 59.7 Å². The number of benzene rings is 2. The van der Waals surface area contributed by atoms with Crippen LogP contribution in [0.25, 0.3) is 0 Å². The van der Waals surface area contributed by atoms with Crippen LogP contribution in [0.1, 0.15) is 82.4 Å². The number of nitrogen functional groups attached to an aromatic ring is 1. The number of carbonyl (C=O) groups excluding carboxylic acids is 3. The molecule has 2 fully saturated rings. The normalized spacial score (nSPS) is 15.5. The number of hydrogen-bond acceptors (Lipinski definition) is 8. The molecule has 0 atom stereocenters. The van der Waals surface area contributed by atoms with Crippen LogP contribution in [0.5, 0.6) is 0 Å². The molecular weight excluding hydrogens is 681 g/mol. The van der Waals surface area contributed by atoms with E-state index >= 15 is 0 Å². The van der Waals surface area contributed by atoms with Gasteiger partial charge in [0.1, 0.15) is 5.60 Å². The summed E-state index contributed by atoms with van der Waals surface area (Å²) in [6.45, 7) is 11.0. The lowest BCUT2D eigenvalue weighted by Crippen LogP contribution is -2.44. The van der Waals surface area contributed by atoms with Crippen LogP contribution in [0, 0.1) is 0 Å². The maximum absolute atomic E-state index is 12.6. The van der Waals surface area contributed by atoms with Crippen LogP contribution in [0.2, 0.25) is 0 Å². The summed E-state index contributed by atoms with van der Waals surface area (Å²) >= 11 is 0. The first-order valence-corrected chi connectivity index (χ1v) is 17.1. The van der Waals surface area contributed by atoms with Crippen molar-refractivity contribution >= 4 is 35.3 Å². The average Bonchev–Trinajstić information content (AvgIpc) is 3.08. The lowest BCUT2D eigenvalue weighted by Gasteiger charge is -2.35. The Kier molecular flexibility index (Phi) is 17.9. The maximum Gasteiger partial charge on any atom is 0.490 e. The molecule has 0 saturated carbocycles. The third-order valence-corrected chi connectivity index (χ3v) is 8.14. The second-order valence-corrected chi connectivity index (χ2v) is 13.6. The van der Waals surface area contributed by atoms with Crippen LogP contribution in [0.4, 0.5) is 29.3 Å². The maximum atomic E-state index is 12.6. The van der Waals surface area contributed by atoms with Crippen molar-refractivity contribution in [2.45, 2.75) is 84.1 Å². The summed E-state index contributed by atoms with van der Waals surface area (Å²) in [5, 5.41) is 9.80. The highest BCUT2D eigenvalue weighted by molar-refractivity contribution is 5.95. The van der Waals surface area contributed by atoms with Crippen molar-refractivity contribution in [2.75, 3.05) is 65.4 Å². The Balaban J connectivity index is 0.000000435. The largest absolute Gasteiger partial charge is 0.490 e. The Labute approximate surface area is 307 Å². The number of amides is 3. The van der Waals surface area contributed by atoms with Gasteiger partial charge >= 0.3 is 18.2 Å². The van der Waals surface area contributed by atoms with E-state index in [9.17, 15) is 27.6 Å². The number of nitrogens with two attached hydrogens (primary N) is 1. The molecule has 12 nitrogen and oxygen atoms in total. The van der Waals surface area contributed by atoms with E-state index in [0.717, 1.165) is 57.4 Å². The molecule has 0 aliphatic carbocycles. The standard InChI is InChI=1S/C19H29N3O3.C14H21N3O.C2HF3O2.C2H6/c1-19(2,3)25-18(24)20-15-8-6-14(7-9-15)17(23)22-12-10-16(11-13-22)21(4)5;1-16(2)13-7-9-17(10-8-13)14(18)11-3-5-12(15)6-4-11;3-2(4,5)1(6)7;1-2/h6-9,16H,10-13H2,1-5H3,(H,20,24);3-6,13H,7-10,15H2,1-2H3;(H,6,7);1-2H3/i;;;1D. The summed E-state index contributed by atoms with van der Waals surface area (Å²) in [7, 11) is 8.36. The van der Waals surface area contributed by atoms with E-state index in [0.29, 0.717) is 35.9 Å². The zero-order chi connectivity index (χ0) is 40.5. The van der Waals surface area contributed by atoms with Gasteiger partial charge < -0.3 is 35.2 Å². The Morgan fingerprint density at radius 1 is 0.788 bits per heavy atom. The molecule has 2 aromatic carbocycles. The molecule has 4 N–H and O–H groups in total. The Morgan fingerprint density at radius 3 is 1.40 bits per heavy atom. The number of hydrogen-bond donors (Lipinski definition) is 3. The average molecular weight is 740 g/mol. The number of nitrogens with zero attached hydrogens (tertiary/aromatic N) is 4. The summed E-state index contributed by atoms with van der Waals surface area (Å²) in [6.07, 6.45) is -1.49. The zero-order valence-electron chi connectivity index (χ0n) is 32.6. The van der Waals surface area contributed by atoms with Crippen molar-refractivity contribution in [2.24, 2.45) is 0 Å². The van der Waals surface area contributed by atoms with Crippen LogP contribution >= 0.6 is 0 Å². The van der Waals surface area contributed by atoms with Gasteiger partial charge in [0.2, 0.25) is 0 Å². The van der Waals surface area contributed by atoms with E-state index in [1.807, 2.05) is 30.6 Å². The number of ether oxygens (including phenoxy) is 1. The number of carboxylic acids is 1. The quantitative estimate of drug-likeness (QED) is 0.301. The molecule has 2 heterocycles. The lowest BCUT2D eigenvalue weighted by atomic mass is 10.0. The third kappa shape index (κ3) is 16.3. The van der Waals surface area contributed by atoms with Gasteiger partial charge in [0.25, 0.3) is 11.8 Å². The first-order valence-electron chi connectivity index (χ1n) is 17.8. The van der Waals surface area contributed by atoms with Crippen molar-refractivity contribution in [3.63, 3.8) is 0 Å². The molecule has 0 bridgehead atoms. The first-order chi connectivity index (χ1) is 24.6. The van der Waals surface area contributed by atoms with E-state index < -0.39 is 23.8 Å². The van der Waals surface area contributed by atoms with Crippen LogP contribution in [-0.2, 0) is 9.53 Å². The molecule has 3 amide bonds. The van der Waals surface area contributed by atoms with Crippen LogP contribution in [0.3, 0.4) is 0 Å². The molecule has 2 aliphatic rings. The highest BCUT2D eigenvalue weighted by Gasteiger charge is 2.38. The molecule has 52 heavy (non-hydrogen) atoms. The van der Waals surface area contributed by atoms with Gasteiger partial charge in [0.05, 0.1) is 0 Å². The van der Waals surface area contributed by atoms with Crippen molar-refractivity contribution in [3.8, 4) is 0 Å². The van der Waals surface area contributed by atoms with Gasteiger partial charge in [-0.2, -0.15) is 13.2 Å². The number of aliphatic carboxylic acids is 1. The molecule has 0 unspecified atom stereocenters. The van der Waals surface area contributed by atoms with Gasteiger partial charge in [-0.05, 0) is 123 Å². The number of anilines is 2. The Bertz CT molecular complexity index is 1420. The van der Waals surface area contributed by atoms with Crippen LogP contribution < -0.4 is 11.1 Å². The molecular formula is C37H57F3N6O6. The van der Waals surface area contributed by atoms with Gasteiger partial charge in [0.15, 0.2) is 0 Å². The van der Waals surface area contributed by atoms with Gasteiger partial charge in [-0.25, -0.2) is 9.59 Å². The first kappa shape index (κ1) is 43.8. The van der Waals surface area contributed by atoms with Crippen molar-refractivity contribution < 1.29 is 43.6 Å². The van der Waals surface area contributed by atoms with Crippen LogP contribution in [-0.4, -0.2) is 127 Å². The molecule has 2 aromatic rings. The minimum atomic E-state index is -5.08. The van der Waals surface area contributed by atoms with Gasteiger partial charge in [-0.1, -0.05) is 13.8 Å². The number of likely N-dealkylation sites (tertiary alicyclic amines) is 2. The Morgan fingerprint density at radius 2 is 1.12 bits per heavy atom. The van der Waals surface area contributed by atoms with E-state index in [1.54, 1.807) is 55.5 Å². The molecule has 0 spiro atoms. The fraction of sp³-hybridized carbons (Fsp3) is 0.568. The monoisotopic (exact) mass is 739 g/mol. The zero-order valence-corrected chi connectivity index (χ0v) is 31.6. The van der Waals surface area contributed by atoms with Gasteiger partial charge in [0, 0.05) is 62.1 Å². The summed E-state index contributed by atoms with van der Waals surface area (Å²) < 4.78 is 43.2. The summed E-state index contributed by atoms with van der Waals surface area (Å²) in [6, 6.07) is 15.2. The predicted molar refractivity (Wildman–Crippen MR) is 197 cm³/mol. The topological polar surface area (TPSA) is 149 Å². The molecule has 292 valence electrons. The predicted octanol–water partition coefficient (Wildman–Crippen LogP) is 6.29. The van der Waals surface area contributed by atoms with E-state index in [-0.39, 0.29) is 11.8 Å².